The fourth-order valence-electron chi connectivity index (χ4n) is 3.41. The first-order chi connectivity index (χ1) is 16.3. The van der Waals surface area contributed by atoms with Crippen molar-refractivity contribution in [2.24, 2.45) is 0 Å². The highest BCUT2D eigenvalue weighted by Gasteiger charge is 2.30. The molecule has 11 heteroatoms. The van der Waals surface area contributed by atoms with Gasteiger partial charge in [-0.3, -0.25) is 9.78 Å². The molecular weight excluding hydrogens is 480 g/mol. The number of piperazine rings is 1. The number of para-hydroxylation sites is 2. The van der Waals surface area contributed by atoms with Crippen LogP contribution in [0.1, 0.15) is 5.69 Å². The fraction of sp³-hybridized carbons (Fsp3) is 0.217. The van der Waals surface area contributed by atoms with E-state index in [0.717, 1.165) is 5.52 Å². The van der Waals surface area contributed by atoms with Gasteiger partial charge in [0, 0.05) is 37.3 Å². The van der Waals surface area contributed by atoms with Crippen LogP contribution in [0.4, 0.5) is 0 Å². The zero-order valence-electron chi connectivity index (χ0n) is 18.0. The lowest BCUT2D eigenvalue weighted by atomic mass is 10.3. The van der Waals surface area contributed by atoms with Gasteiger partial charge in [0.05, 0.1) is 27.8 Å². The van der Waals surface area contributed by atoms with Gasteiger partial charge in [-0.1, -0.05) is 23.7 Å². The molecule has 0 saturated carbocycles. The first-order valence-corrected chi connectivity index (χ1v) is 12.2. The van der Waals surface area contributed by atoms with Gasteiger partial charge >= 0.3 is 5.97 Å². The molecular formula is C23H21ClN4O5S. The first-order valence-electron chi connectivity index (χ1n) is 10.4. The van der Waals surface area contributed by atoms with Gasteiger partial charge in [-0.25, -0.2) is 18.2 Å². The third-order valence-electron chi connectivity index (χ3n) is 5.24. The van der Waals surface area contributed by atoms with Crippen molar-refractivity contribution in [3.63, 3.8) is 0 Å². The summed E-state index contributed by atoms with van der Waals surface area (Å²) in [5.74, 6) is -1.08. The van der Waals surface area contributed by atoms with Gasteiger partial charge in [0.1, 0.15) is 0 Å². The molecule has 0 aliphatic carbocycles. The molecule has 0 N–H and O–H groups in total. The Labute approximate surface area is 201 Å². The number of amides is 1. The number of rotatable bonds is 6. The van der Waals surface area contributed by atoms with Gasteiger partial charge in [-0.15, -0.1) is 0 Å². The molecule has 0 radical (unpaired) electrons. The molecule has 3 aromatic rings. The van der Waals surface area contributed by atoms with E-state index in [-0.39, 0.29) is 31.1 Å². The highest BCUT2D eigenvalue weighted by Crippen LogP contribution is 2.20. The van der Waals surface area contributed by atoms with E-state index in [9.17, 15) is 18.0 Å². The van der Waals surface area contributed by atoms with Crippen molar-refractivity contribution in [2.45, 2.75) is 4.90 Å². The van der Waals surface area contributed by atoms with Crippen LogP contribution in [0.3, 0.4) is 0 Å². The molecule has 4 rings (SSSR count). The number of aromatic nitrogens is 2. The second kappa shape index (κ2) is 10.3. The summed E-state index contributed by atoms with van der Waals surface area (Å²) >= 11 is 5.83. The summed E-state index contributed by atoms with van der Waals surface area (Å²) in [5, 5.41) is 0.448. The molecule has 9 nitrogen and oxygen atoms in total. The molecule has 0 spiro atoms. The van der Waals surface area contributed by atoms with E-state index in [4.69, 9.17) is 16.3 Å². The largest absolute Gasteiger partial charge is 0.452 e. The van der Waals surface area contributed by atoms with Gasteiger partial charge < -0.3 is 9.64 Å². The van der Waals surface area contributed by atoms with Crippen molar-refractivity contribution >= 4 is 50.6 Å². The van der Waals surface area contributed by atoms with E-state index in [1.54, 1.807) is 0 Å². The fourth-order valence-corrected chi connectivity index (χ4v) is 4.96. The number of halogens is 1. The summed E-state index contributed by atoms with van der Waals surface area (Å²) in [6.45, 7) is 0.254. The van der Waals surface area contributed by atoms with E-state index in [1.165, 1.54) is 51.8 Å². The predicted octanol–water partition coefficient (Wildman–Crippen LogP) is 2.37. The Morgan fingerprint density at radius 3 is 2.38 bits per heavy atom. The molecule has 1 amide bonds. The van der Waals surface area contributed by atoms with E-state index in [0.29, 0.717) is 16.2 Å². The molecule has 1 saturated heterocycles. The topological polar surface area (TPSA) is 110 Å². The number of nitrogens with zero attached hydrogens (tertiary/aromatic N) is 4. The Hall–Kier alpha value is -3.34. The number of carbonyl (C=O) groups excluding carboxylic acids is 2. The zero-order chi connectivity index (χ0) is 24.1. The normalized spacial score (nSPS) is 15.0. The van der Waals surface area contributed by atoms with E-state index >= 15 is 0 Å². The van der Waals surface area contributed by atoms with Crippen LogP contribution < -0.4 is 0 Å². The highest BCUT2D eigenvalue weighted by molar-refractivity contribution is 7.89. The van der Waals surface area contributed by atoms with Crippen molar-refractivity contribution in [1.29, 1.82) is 0 Å². The minimum atomic E-state index is -3.67. The number of benzene rings is 2. The third-order valence-corrected chi connectivity index (χ3v) is 7.40. The van der Waals surface area contributed by atoms with E-state index < -0.39 is 28.5 Å². The van der Waals surface area contributed by atoms with E-state index in [2.05, 4.69) is 9.97 Å². The van der Waals surface area contributed by atoms with Crippen LogP contribution in [0, 0.1) is 0 Å². The molecule has 0 bridgehead atoms. The molecule has 34 heavy (non-hydrogen) atoms. The van der Waals surface area contributed by atoms with Gasteiger partial charge in [-0.05, 0) is 42.5 Å². The van der Waals surface area contributed by atoms with Crippen LogP contribution in [-0.2, 0) is 24.3 Å². The third kappa shape index (κ3) is 5.58. The van der Waals surface area contributed by atoms with Gasteiger partial charge in [0.15, 0.2) is 6.61 Å². The van der Waals surface area contributed by atoms with Crippen molar-refractivity contribution in [1.82, 2.24) is 19.2 Å². The molecule has 1 aromatic heterocycles. The van der Waals surface area contributed by atoms with Crippen LogP contribution in [0.25, 0.3) is 17.1 Å². The van der Waals surface area contributed by atoms with Crippen LogP contribution in [-0.4, -0.2) is 72.3 Å². The minimum Gasteiger partial charge on any atom is -0.452 e. The summed E-state index contributed by atoms with van der Waals surface area (Å²) in [6, 6.07) is 13.3. The molecule has 2 aromatic carbocycles. The average Bonchev–Trinajstić information content (AvgIpc) is 2.86. The number of ether oxygens (including phenoxy) is 1. The standard InChI is InChI=1S/C23H21ClN4O5S/c24-17-5-8-19(9-6-17)34(31,32)28-13-11-27(12-14-28)22(29)16-33-23(30)10-7-18-15-25-20-3-1-2-4-21(20)26-18/h1-10,15H,11-14,16H2. The highest BCUT2D eigenvalue weighted by atomic mass is 35.5. The maximum atomic E-state index is 12.7. The lowest BCUT2D eigenvalue weighted by Crippen LogP contribution is -2.51. The maximum absolute atomic E-state index is 12.7. The molecule has 1 aliphatic rings. The second-order valence-corrected chi connectivity index (χ2v) is 9.84. The summed E-state index contributed by atoms with van der Waals surface area (Å²) < 4.78 is 31.8. The number of sulfonamides is 1. The lowest BCUT2D eigenvalue weighted by Gasteiger charge is -2.33. The van der Waals surface area contributed by atoms with Crippen molar-refractivity contribution in [2.75, 3.05) is 32.8 Å². The minimum absolute atomic E-state index is 0.144. The van der Waals surface area contributed by atoms with Crippen molar-refractivity contribution in [3.8, 4) is 0 Å². The average molecular weight is 501 g/mol. The van der Waals surface area contributed by atoms with Gasteiger partial charge in [0.25, 0.3) is 5.91 Å². The van der Waals surface area contributed by atoms with Gasteiger partial charge in [0.2, 0.25) is 10.0 Å². The predicted molar refractivity (Wildman–Crippen MR) is 126 cm³/mol. The summed E-state index contributed by atoms with van der Waals surface area (Å²) in [4.78, 5) is 34.7. The Bertz CT molecular complexity index is 1340. The number of carbonyl (C=O) groups is 2. The first kappa shape index (κ1) is 23.8. The molecule has 0 atom stereocenters. The molecule has 1 aliphatic heterocycles. The lowest BCUT2D eigenvalue weighted by molar-refractivity contribution is -0.148. The summed E-state index contributed by atoms with van der Waals surface area (Å²) in [6.07, 6.45) is 4.18. The zero-order valence-corrected chi connectivity index (χ0v) is 19.6. The Morgan fingerprint density at radius 2 is 1.68 bits per heavy atom. The smallest absolute Gasteiger partial charge is 0.331 e. The SMILES string of the molecule is O=C(C=Cc1cnc2ccccc2n1)OCC(=O)N1CCN(S(=O)(=O)c2ccc(Cl)cc2)CC1. The molecule has 2 heterocycles. The van der Waals surface area contributed by atoms with Crippen LogP contribution in [0.2, 0.25) is 5.02 Å². The monoisotopic (exact) mass is 500 g/mol. The van der Waals surface area contributed by atoms with Crippen LogP contribution >= 0.6 is 11.6 Å². The van der Waals surface area contributed by atoms with Crippen LogP contribution in [0.15, 0.2) is 65.7 Å². The maximum Gasteiger partial charge on any atom is 0.331 e. The van der Waals surface area contributed by atoms with Crippen molar-refractivity contribution < 1.29 is 22.7 Å². The van der Waals surface area contributed by atoms with Crippen LogP contribution in [0.5, 0.6) is 0 Å². The molecule has 1 fully saturated rings. The second-order valence-electron chi connectivity index (χ2n) is 7.46. The quantitative estimate of drug-likeness (QED) is 0.377. The Kier molecular flexibility index (Phi) is 7.20. The number of hydrogen-bond acceptors (Lipinski definition) is 7. The molecule has 0 unspecified atom stereocenters. The van der Waals surface area contributed by atoms with E-state index in [1.807, 2.05) is 24.3 Å². The Balaban J connectivity index is 1.26. The number of esters is 1. The molecule has 176 valence electrons. The summed E-state index contributed by atoms with van der Waals surface area (Å²) in [5.41, 5.74) is 1.93. The summed E-state index contributed by atoms with van der Waals surface area (Å²) in [7, 11) is -3.67. The van der Waals surface area contributed by atoms with Crippen molar-refractivity contribution in [3.05, 3.63) is 71.5 Å². The Morgan fingerprint density at radius 1 is 1.00 bits per heavy atom. The number of hydrogen-bond donors (Lipinski definition) is 0. The van der Waals surface area contributed by atoms with Gasteiger partial charge in [-0.2, -0.15) is 4.31 Å². The number of fused-ring (bicyclic) bond motifs is 1.